The first-order valence-electron chi connectivity index (χ1n) is 5.33. The molecule has 17 heavy (non-hydrogen) atoms. The summed E-state index contributed by atoms with van der Waals surface area (Å²) in [6.07, 6.45) is 1.02. The van der Waals surface area contributed by atoms with Crippen molar-refractivity contribution >= 4 is 17.7 Å². The van der Waals surface area contributed by atoms with Gasteiger partial charge in [0.15, 0.2) is 0 Å². The maximum absolute atomic E-state index is 13.2. The first-order chi connectivity index (χ1) is 7.93. The lowest BCUT2D eigenvalue weighted by Gasteiger charge is -2.18. The molecule has 0 radical (unpaired) electrons. The van der Waals surface area contributed by atoms with E-state index in [2.05, 4.69) is 0 Å². The maximum Gasteiger partial charge on any atom is 0.323 e. The van der Waals surface area contributed by atoms with Crippen LogP contribution < -0.4 is 5.73 Å². The van der Waals surface area contributed by atoms with E-state index in [-0.39, 0.29) is 5.82 Å². The molecule has 1 rings (SSSR count). The number of hydrogen-bond acceptors (Lipinski definition) is 3. The van der Waals surface area contributed by atoms with E-state index in [1.54, 1.807) is 18.2 Å². The van der Waals surface area contributed by atoms with Crippen LogP contribution in [0.5, 0.6) is 0 Å². The predicted octanol–water partition coefficient (Wildman–Crippen LogP) is 2.50. The number of hydrogen-bond donors (Lipinski definition) is 2. The van der Waals surface area contributed by atoms with Crippen LogP contribution in [-0.4, -0.2) is 22.4 Å². The van der Waals surface area contributed by atoms with Crippen LogP contribution in [0.1, 0.15) is 19.8 Å². The van der Waals surface area contributed by atoms with Crippen molar-refractivity contribution in [2.24, 2.45) is 5.73 Å². The first-order valence-corrected chi connectivity index (χ1v) is 6.31. The summed E-state index contributed by atoms with van der Waals surface area (Å²) in [5.74, 6) is -0.597. The van der Waals surface area contributed by atoms with E-state index in [1.165, 1.54) is 24.8 Å². The Morgan fingerprint density at radius 3 is 2.76 bits per heavy atom. The van der Waals surface area contributed by atoms with E-state index in [4.69, 9.17) is 10.8 Å². The molecule has 0 aliphatic carbocycles. The largest absolute Gasteiger partial charge is 0.480 e. The van der Waals surface area contributed by atoms with Gasteiger partial charge in [-0.3, -0.25) is 4.79 Å². The molecule has 0 amide bonds. The zero-order chi connectivity index (χ0) is 12.9. The second kappa shape index (κ2) is 6.02. The molecule has 94 valence electrons. The van der Waals surface area contributed by atoms with E-state index in [9.17, 15) is 9.18 Å². The van der Waals surface area contributed by atoms with Crippen molar-refractivity contribution in [2.75, 3.05) is 5.75 Å². The third-order valence-electron chi connectivity index (χ3n) is 2.42. The minimum atomic E-state index is -1.20. The third-order valence-corrected chi connectivity index (χ3v) is 3.56. The molecule has 1 unspecified atom stereocenters. The molecular formula is C12H16FNO2S. The summed E-state index contributed by atoms with van der Waals surface area (Å²) in [4.78, 5) is 11.3. The molecule has 3 nitrogen and oxygen atoms in total. The van der Waals surface area contributed by atoms with Crippen LogP contribution in [0.4, 0.5) is 4.39 Å². The van der Waals surface area contributed by atoms with Crippen LogP contribution in [0.3, 0.4) is 0 Å². The Morgan fingerprint density at radius 1 is 1.53 bits per heavy atom. The maximum atomic E-state index is 13.2. The summed E-state index contributed by atoms with van der Waals surface area (Å²) in [6, 6.07) is 6.53. The number of thioether (sulfide) groups is 1. The van der Waals surface area contributed by atoms with Gasteiger partial charge in [-0.2, -0.15) is 0 Å². The van der Waals surface area contributed by atoms with Crippen molar-refractivity contribution in [1.29, 1.82) is 0 Å². The van der Waals surface area contributed by atoms with Gasteiger partial charge in [0.25, 0.3) is 0 Å². The molecule has 1 atom stereocenters. The molecule has 0 heterocycles. The zero-order valence-corrected chi connectivity index (χ0v) is 10.5. The van der Waals surface area contributed by atoms with Gasteiger partial charge in [0.2, 0.25) is 0 Å². The molecule has 1 aromatic carbocycles. The summed E-state index contributed by atoms with van der Waals surface area (Å²) >= 11 is 1.38. The predicted molar refractivity (Wildman–Crippen MR) is 66.6 cm³/mol. The average Bonchev–Trinajstić information content (AvgIpc) is 2.26. The number of carbonyl (C=O) groups is 1. The second-order valence-electron chi connectivity index (χ2n) is 4.11. The smallest absolute Gasteiger partial charge is 0.323 e. The Bertz CT molecular complexity index is 396. The monoisotopic (exact) mass is 257 g/mol. The van der Waals surface area contributed by atoms with Crippen LogP contribution in [0.15, 0.2) is 29.2 Å². The fraction of sp³-hybridized carbons (Fsp3) is 0.417. The lowest BCUT2D eigenvalue weighted by molar-refractivity contribution is -0.142. The molecule has 0 aliphatic rings. The van der Waals surface area contributed by atoms with Gasteiger partial charge in [-0.25, -0.2) is 4.39 Å². The molecule has 5 heteroatoms. The van der Waals surface area contributed by atoms with Gasteiger partial charge in [0, 0.05) is 4.90 Å². The van der Waals surface area contributed by atoms with Crippen LogP contribution in [0.2, 0.25) is 0 Å². The van der Waals surface area contributed by atoms with Gasteiger partial charge in [-0.1, -0.05) is 12.1 Å². The number of carboxylic acids is 1. The molecule has 1 aromatic rings. The van der Waals surface area contributed by atoms with Gasteiger partial charge in [-0.05, 0) is 37.7 Å². The fourth-order valence-electron chi connectivity index (χ4n) is 1.29. The number of rotatable bonds is 6. The van der Waals surface area contributed by atoms with Gasteiger partial charge < -0.3 is 10.8 Å². The van der Waals surface area contributed by atoms with Crippen molar-refractivity contribution in [1.82, 2.24) is 0 Å². The summed E-state index contributed by atoms with van der Waals surface area (Å²) in [7, 11) is 0. The summed E-state index contributed by atoms with van der Waals surface area (Å²) < 4.78 is 13.2. The molecule has 0 spiro atoms. The minimum Gasteiger partial charge on any atom is -0.480 e. The van der Waals surface area contributed by atoms with Crippen LogP contribution in [0, 0.1) is 5.82 Å². The highest BCUT2D eigenvalue weighted by Gasteiger charge is 2.26. The number of carboxylic acid groups (broad SMARTS) is 1. The normalized spacial score (nSPS) is 14.3. The highest BCUT2D eigenvalue weighted by Crippen LogP contribution is 2.23. The SMILES string of the molecule is CC(N)(CCCSc1ccccc1F)C(=O)O. The molecule has 0 saturated heterocycles. The van der Waals surface area contributed by atoms with E-state index in [0.717, 1.165) is 0 Å². The number of aliphatic carboxylic acids is 1. The topological polar surface area (TPSA) is 63.3 Å². The molecule has 0 fully saturated rings. The Morgan fingerprint density at radius 2 is 2.18 bits per heavy atom. The lowest BCUT2D eigenvalue weighted by Crippen LogP contribution is -2.44. The minimum absolute atomic E-state index is 0.244. The number of halogens is 1. The first kappa shape index (κ1) is 14.0. The van der Waals surface area contributed by atoms with Gasteiger partial charge in [0.05, 0.1) is 0 Å². The summed E-state index contributed by atoms with van der Waals surface area (Å²) in [5, 5.41) is 8.81. The van der Waals surface area contributed by atoms with Crippen LogP contribution >= 0.6 is 11.8 Å². The quantitative estimate of drug-likeness (QED) is 0.607. The van der Waals surface area contributed by atoms with Crippen molar-refractivity contribution in [3.63, 3.8) is 0 Å². The average molecular weight is 257 g/mol. The van der Waals surface area contributed by atoms with Crippen molar-refractivity contribution in [3.05, 3.63) is 30.1 Å². The number of benzene rings is 1. The van der Waals surface area contributed by atoms with Gasteiger partial charge in [-0.15, -0.1) is 11.8 Å². The van der Waals surface area contributed by atoms with Crippen molar-refractivity contribution in [3.8, 4) is 0 Å². The molecule has 0 bridgehead atoms. The molecule has 3 N–H and O–H groups in total. The van der Waals surface area contributed by atoms with Gasteiger partial charge >= 0.3 is 5.97 Å². The highest BCUT2D eigenvalue weighted by molar-refractivity contribution is 7.99. The summed E-state index contributed by atoms with van der Waals surface area (Å²) in [5.41, 5.74) is 4.39. The van der Waals surface area contributed by atoms with E-state index >= 15 is 0 Å². The Labute approximate surface area is 104 Å². The van der Waals surface area contributed by atoms with Crippen LogP contribution in [0.25, 0.3) is 0 Å². The molecule has 0 aromatic heterocycles. The van der Waals surface area contributed by atoms with E-state index in [0.29, 0.717) is 23.5 Å². The lowest BCUT2D eigenvalue weighted by atomic mass is 9.98. The standard InChI is InChI=1S/C12H16FNO2S/c1-12(14,11(15)16)7-4-8-17-10-6-3-2-5-9(10)13/h2-3,5-6H,4,7-8,14H2,1H3,(H,15,16). The van der Waals surface area contributed by atoms with E-state index in [1.807, 2.05) is 0 Å². The third kappa shape index (κ3) is 4.36. The number of nitrogens with two attached hydrogens (primary N) is 1. The molecule has 0 saturated carbocycles. The van der Waals surface area contributed by atoms with E-state index < -0.39 is 11.5 Å². The van der Waals surface area contributed by atoms with Crippen LogP contribution in [-0.2, 0) is 4.79 Å². The Hall–Kier alpha value is -1.07. The van der Waals surface area contributed by atoms with Crippen molar-refractivity contribution in [2.45, 2.75) is 30.2 Å². The molecule has 0 aliphatic heterocycles. The Balaban J connectivity index is 2.35. The Kier molecular flexibility index (Phi) is 4.96. The van der Waals surface area contributed by atoms with Crippen molar-refractivity contribution < 1.29 is 14.3 Å². The second-order valence-corrected chi connectivity index (χ2v) is 5.24. The van der Waals surface area contributed by atoms with Gasteiger partial charge in [0.1, 0.15) is 11.4 Å². The molecular weight excluding hydrogens is 241 g/mol. The fourth-order valence-corrected chi connectivity index (χ4v) is 2.18. The summed E-state index contributed by atoms with van der Waals surface area (Å²) in [6.45, 7) is 1.49. The highest BCUT2D eigenvalue weighted by atomic mass is 32.2. The zero-order valence-electron chi connectivity index (χ0n) is 9.65.